The summed E-state index contributed by atoms with van der Waals surface area (Å²) < 4.78 is 10.9. The predicted molar refractivity (Wildman–Crippen MR) is 76.6 cm³/mol. The fourth-order valence-corrected chi connectivity index (χ4v) is 2.06. The van der Waals surface area contributed by atoms with Gasteiger partial charge in [0.15, 0.2) is 0 Å². The van der Waals surface area contributed by atoms with Crippen LogP contribution in [0, 0.1) is 0 Å². The average molecular weight is 285 g/mol. The first-order valence-electron chi connectivity index (χ1n) is 6.14. The van der Waals surface area contributed by atoms with Gasteiger partial charge in [-0.3, -0.25) is 0 Å². The summed E-state index contributed by atoms with van der Waals surface area (Å²) in [5, 5.41) is 11.8. The van der Waals surface area contributed by atoms with E-state index in [1.54, 1.807) is 6.20 Å². The van der Waals surface area contributed by atoms with Crippen LogP contribution in [0.15, 0.2) is 36.2 Å². The molecular weight excluding hydrogens is 265 g/mol. The molecule has 1 heterocycles. The molecule has 1 rings (SSSR count). The zero-order chi connectivity index (χ0) is 14.1. The fourth-order valence-electron chi connectivity index (χ4n) is 1.62. The Bertz CT molecular complexity index is 379. The van der Waals surface area contributed by atoms with Crippen LogP contribution in [0.1, 0.15) is 13.3 Å². The molecule has 0 saturated heterocycles. The van der Waals surface area contributed by atoms with Crippen molar-refractivity contribution in [3.63, 3.8) is 0 Å². The predicted octanol–water partition coefficient (Wildman–Crippen LogP) is 1.64. The molecule has 2 N–H and O–H groups in total. The third-order valence-electron chi connectivity index (χ3n) is 2.43. The standard InChI is InChI=1S/C13H20NO4P/c1-2-17-13(19)8-11(18-9-12(15)16)10-6-4-3-5-7-14-10/h3-7,11,13-14H,2,8-9,19H2,1H3,(H,15,16). The summed E-state index contributed by atoms with van der Waals surface area (Å²) in [6.07, 6.45) is 9.49. The number of aliphatic carboxylic acids is 1. The maximum atomic E-state index is 10.6. The minimum Gasteiger partial charge on any atom is -0.480 e. The van der Waals surface area contributed by atoms with Gasteiger partial charge in [0.2, 0.25) is 0 Å². The molecule has 0 bridgehead atoms. The zero-order valence-corrected chi connectivity index (χ0v) is 12.1. The molecule has 3 unspecified atom stereocenters. The van der Waals surface area contributed by atoms with E-state index >= 15 is 0 Å². The lowest BCUT2D eigenvalue weighted by atomic mass is 10.1. The average Bonchev–Trinajstić information content (AvgIpc) is 2.63. The highest BCUT2D eigenvalue weighted by molar-refractivity contribution is 7.17. The molecule has 0 spiro atoms. The monoisotopic (exact) mass is 285 g/mol. The van der Waals surface area contributed by atoms with Crippen LogP contribution in [-0.2, 0) is 14.3 Å². The molecule has 106 valence electrons. The maximum Gasteiger partial charge on any atom is 0.329 e. The van der Waals surface area contributed by atoms with Crippen molar-refractivity contribution in [1.82, 2.24) is 5.32 Å². The highest BCUT2D eigenvalue weighted by Crippen LogP contribution is 2.18. The van der Waals surface area contributed by atoms with Crippen LogP contribution in [-0.4, -0.2) is 36.2 Å². The molecule has 6 heteroatoms. The third kappa shape index (κ3) is 6.53. The Morgan fingerprint density at radius 3 is 2.89 bits per heavy atom. The molecule has 0 aromatic heterocycles. The van der Waals surface area contributed by atoms with Crippen molar-refractivity contribution in [3.8, 4) is 0 Å². The molecule has 0 amide bonds. The van der Waals surface area contributed by atoms with Gasteiger partial charge in [0.25, 0.3) is 0 Å². The number of carbonyl (C=O) groups is 1. The SMILES string of the molecule is CCOC(P)CC(OCC(=O)O)C1=CC=CC=CN1. The Kier molecular flexibility index (Phi) is 7.41. The molecule has 1 aliphatic rings. The van der Waals surface area contributed by atoms with Gasteiger partial charge in [-0.15, -0.1) is 9.24 Å². The Labute approximate surface area is 115 Å². The van der Waals surface area contributed by atoms with Gasteiger partial charge >= 0.3 is 5.97 Å². The number of ether oxygens (including phenoxy) is 2. The van der Waals surface area contributed by atoms with E-state index in [1.807, 2.05) is 31.2 Å². The van der Waals surface area contributed by atoms with E-state index in [-0.39, 0.29) is 18.6 Å². The lowest BCUT2D eigenvalue weighted by Crippen LogP contribution is -2.29. The molecule has 0 saturated carbocycles. The minimum atomic E-state index is -0.984. The number of rotatable bonds is 8. The maximum absolute atomic E-state index is 10.6. The van der Waals surface area contributed by atoms with Gasteiger partial charge in [-0.2, -0.15) is 0 Å². The molecule has 3 atom stereocenters. The normalized spacial score (nSPS) is 17.3. The topological polar surface area (TPSA) is 67.8 Å². The molecule has 0 aromatic carbocycles. The van der Waals surface area contributed by atoms with Crippen molar-refractivity contribution in [1.29, 1.82) is 0 Å². The van der Waals surface area contributed by atoms with Crippen molar-refractivity contribution < 1.29 is 19.4 Å². The van der Waals surface area contributed by atoms with Crippen LogP contribution < -0.4 is 5.32 Å². The Morgan fingerprint density at radius 2 is 2.21 bits per heavy atom. The van der Waals surface area contributed by atoms with Crippen molar-refractivity contribution >= 4 is 15.2 Å². The van der Waals surface area contributed by atoms with Gasteiger partial charge < -0.3 is 19.9 Å². The highest BCUT2D eigenvalue weighted by Gasteiger charge is 2.19. The highest BCUT2D eigenvalue weighted by atomic mass is 31.0. The van der Waals surface area contributed by atoms with E-state index in [4.69, 9.17) is 14.6 Å². The third-order valence-corrected chi connectivity index (χ3v) is 2.89. The van der Waals surface area contributed by atoms with Crippen molar-refractivity contribution in [2.75, 3.05) is 13.2 Å². The quantitative estimate of drug-likeness (QED) is 0.664. The molecule has 1 aliphatic heterocycles. The number of hydrogen-bond donors (Lipinski definition) is 2. The minimum absolute atomic E-state index is 0.0808. The molecule has 5 nitrogen and oxygen atoms in total. The second-order valence-corrected chi connectivity index (χ2v) is 4.68. The number of carboxylic acid groups (broad SMARTS) is 1. The van der Waals surface area contributed by atoms with Crippen LogP contribution in [0.4, 0.5) is 0 Å². The largest absolute Gasteiger partial charge is 0.480 e. The lowest BCUT2D eigenvalue weighted by molar-refractivity contribution is -0.144. The van der Waals surface area contributed by atoms with Crippen LogP contribution in [0.3, 0.4) is 0 Å². The van der Waals surface area contributed by atoms with E-state index in [9.17, 15) is 4.79 Å². The first-order chi connectivity index (χ1) is 9.13. The fraction of sp³-hybridized carbons (Fsp3) is 0.462. The van der Waals surface area contributed by atoms with Gasteiger partial charge in [-0.25, -0.2) is 4.79 Å². The summed E-state index contributed by atoms with van der Waals surface area (Å²) in [5.74, 6) is -1.07. The van der Waals surface area contributed by atoms with Crippen LogP contribution >= 0.6 is 9.24 Å². The van der Waals surface area contributed by atoms with Gasteiger partial charge in [-0.05, 0) is 19.1 Å². The van der Waals surface area contributed by atoms with E-state index in [0.29, 0.717) is 13.0 Å². The summed E-state index contributed by atoms with van der Waals surface area (Å²) >= 11 is 0. The summed E-state index contributed by atoms with van der Waals surface area (Å²) in [6.45, 7) is 2.19. The Hall–Kier alpha value is -1.16. The number of hydrogen-bond acceptors (Lipinski definition) is 4. The van der Waals surface area contributed by atoms with E-state index in [2.05, 4.69) is 14.6 Å². The summed E-state index contributed by atoms with van der Waals surface area (Å²) in [7, 11) is 2.59. The van der Waals surface area contributed by atoms with Crippen LogP contribution in [0.25, 0.3) is 0 Å². The Balaban J connectivity index is 2.67. The first-order valence-corrected chi connectivity index (χ1v) is 6.80. The zero-order valence-electron chi connectivity index (χ0n) is 10.9. The molecule has 0 fully saturated rings. The number of nitrogens with one attached hydrogen (secondary N) is 1. The van der Waals surface area contributed by atoms with Gasteiger partial charge in [-0.1, -0.05) is 12.2 Å². The second-order valence-electron chi connectivity index (χ2n) is 3.93. The summed E-state index contributed by atoms with van der Waals surface area (Å²) in [5.41, 5.74) is 0.818. The van der Waals surface area contributed by atoms with E-state index < -0.39 is 5.97 Å². The van der Waals surface area contributed by atoms with Gasteiger partial charge in [0.1, 0.15) is 12.7 Å². The summed E-state index contributed by atoms with van der Waals surface area (Å²) in [6, 6.07) is 0. The Morgan fingerprint density at radius 1 is 1.42 bits per heavy atom. The lowest BCUT2D eigenvalue weighted by Gasteiger charge is -2.23. The van der Waals surface area contributed by atoms with Crippen LogP contribution in [0.2, 0.25) is 0 Å². The van der Waals surface area contributed by atoms with Crippen molar-refractivity contribution in [2.24, 2.45) is 0 Å². The molecular formula is C13H20NO4P. The second kappa shape index (κ2) is 8.86. The van der Waals surface area contributed by atoms with Crippen molar-refractivity contribution in [2.45, 2.75) is 25.3 Å². The van der Waals surface area contributed by atoms with E-state index in [0.717, 1.165) is 5.70 Å². The van der Waals surface area contributed by atoms with Gasteiger partial charge in [0.05, 0.1) is 5.85 Å². The number of carboxylic acids is 1. The smallest absolute Gasteiger partial charge is 0.329 e. The van der Waals surface area contributed by atoms with Crippen LogP contribution in [0.5, 0.6) is 0 Å². The molecule has 0 radical (unpaired) electrons. The first kappa shape index (κ1) is 15.9. The molecule has 0 aliphatic carbocycles. The van der Waals surface area contributed by atoms with Gasteiger partial charge in [0, 0.05) is 24.9 Å². The van der Waals surface area contributed by atoms with E-state index in [1.165, 1.54) is 0 Å². The molecule has 19 heavy (non-hydrogen) atoms. The number of allylic oxidation sites excluding steroid dienone is 4. The van der Waals surface area contributed by atoms with Crippen molar-refractivity contribution in [3.05, 3.63) is 36.2 Å². The molecule has 0 aromatic rings. The summed E-state index contributed by atoms with van der Waals surface area (Å²) in [4.78, 5) is 10.6.